The smallest absolute Gasteiger partial charge is 0.306 e. The van der Waals surface area contributed by atoms with Crippen LogP contribution in [0, 0.1) is 41.4 Å². The first-order chi connectivity index (χ1) is 14.2. The molecule has 3 fully saturated rings. The van der Waals surface area contributed by atoms with Crippen LogP contribution in [0.15, 0.2) is 0 Å². The Labute approximate surface area is 180 Å². The highest BCUT2D eigenvalue weighted by Gasteiger charge is 2.51. The van der Waals surface area contributed by atoms with Crippen LogP contribution < -0.4 is 0 Å². The third-order valence-electron chi connectivity index (χ3n) is 9.09. The standard InChI is InChI=1S/C27H48O2/c1-3-5-8-12-20-16-17-23-24(18-20)22(15-9-6-4-2)19-25(27(28)29)26(23)21-13-10-7-11-14-21/h20-26H,3-19H2,1-2H3,(H,28,29). The van der Waals surface area contributed by atoms with Gasteiger partial charge in [-0.2, -0.15) is 0 Å². The van der Waals surface area contributed by atoms with Gasteiger partial charge in [-0.3, -0.25) is 4.79 Å². The van der Waals surface area contributed by atoms with E-state index < -0.39 is 5.97 Å². The van der Waals surface area contributed by atoms with Crippen molar-refractivity contribution in [2.45, 2.75) is 123 Å². The van der Waals surface area contributed by atoms with Crippen molar-refractivity contribution < 1.29 is 9.90 Å². The van der Waals surface area contributed by atoms with Crippen molar-refractivity contribution in [1.82, 2.24) is 0 Å². The molecule has 3 saturated carbocycles. The maximum atomic E-state index is 12.4. The molecule has 3 rings (SSSR count). The summed E-state index contributed by atoms with van der Waals surface area (Å²) in [7, 11) is 0. The van der Waals surface area contributed by atoms with Crippen LogP contribution in [0.25, 0.3) is 0 Å². The lowest BCUT2D eigenvalue weighted by atomic mass is 9.51. The van der Waals surface area contributed by atoms with E-state index in [4.69, 9.17) is 0 Å². The molecule has 1 N–H and O–H groups in total. The first-order valence-electron chi connectivity index (χ1n) is 13.4. The van der Waals surface area contributed by atoms with E-state index in [2.05, 4.69) is 13.8 Å². The fourth-order valence-electron chi connectivity index (χ4n) is 7.69. The summed E-state index contributed by atoms with van der Waals surface area (Å²) >= 11 is 0. The molecule has 0 spiro atoms. The summed E-state index contributed by atoms with van der Waals surface area (Å²) in [4.78, 5) is 12.4. The second-order valence-corrected chi connectivity index (χ2v) is 10.9. The monoisotopic (exact) mass is 404 g/mol. The van der Waals surface area contributed by atoms with Crippen molar-refractivity contribution in [3.05, 3.63) is 0 Å². The summed E-state index contributed by atoms with van der Waals surface area (Å²) < 4.78 is 0. The molecule has 0 amide bonds. The lowest BCUT2D eigenvalue weighted by Crippen LogP contribution is -2.48. The van der Waals surface area contributed by atoms with Crippen molar-refractivity contribution >= 4 is 5.97 Å². The average molecular weight is 405 g/mol. The SMILES string of the molecule is CCCCCC1CCC2C(C1)C(CCCCC)CC(C(=O)O)C2C1CCCCC1. The molecule has 168 valence electrons. The molecule has 0 radical (unpaired) electrons. The van der Waals surface area contributed by atoms with Gasteiger partial charge < -0.3 is 5.11 Å². The van der Waals surface area contributed by atoms with Gasteiger partial charge in [0.2, 0.25) is 0 Å². The Kier molecular flexibility index (Phi) is 9.38. The summed E-state index contributed by atoms with van der Waals surface area (Å²) in [5.74, 6) is 3.80. The molecule has 0 saturated heterocycles. The van der Waals surface area contributed by atoms with E-state index in [0.29, 0.717) is 23.7 Å². The van der Waals surface area contributed by atoms with Gasteiger partial charge >= 0.3 is 5.97 Å². The molecule has 3 aliphatic carbocycles. The lowest BCUT2D eigenvalue weighted by Gasteiger charge is -2.53. The Morgan fingerprint density at radius 1 is 0.793 bits per heavy atom. The van der Waals surface area contributed by atoms with E-state index >= 15 is 0 Å². The van der Waals surface area contributed by atoms with E-state index in [1.54, 1.807) is 0 Å². The number of hydrogen-bond donors (Lipinski definition) is 1. The quantitative estimate of drug-likeness (QED) is 0.373. The van der Waals surface area contributed by atoms with Crippen LogP contribution in [0.4, 0.5) is 0 Å². The molecule has 0 bridgehead atoms. The lowest BCUT2D eigenvalue weighted by molar-refractivity contribution is -0.153. The second-order valence-electron chi connectivity index (χ2n) is 10.9. The van der Waals surface area contributed by atoms with Crippen molar-refractivity contribution in [2.75, 3.05) is 0 Å². The predicted molar refractivity (Wildman–Crippen MR) is 122 cm³/mol. The van der Waals surface area contributed by atoms with Gasteiger partial charge in [0.1, 0.15) is 0 Å². The van der Waals surface area contributed by atoms with Crippen LogP contribution in [0.3, 0.4) is 0 Å². The minimum atomic E-state index is -0.468. The molecule has 6 atom stereocenters. The number of carbonyl (C=O) groups is 1. The molecule has 2 heteroatoms. The average Bonchev–Trinajstić information content (AvgIpc) is 2.74. The zero-order valence-electron chi connectivity index (χ0n) is 19.4. The maximum Gasteiger partial charge on any atom is 0.306 e. The van der Waals surface area contributed by atoms with Crippen molar-refractivity contribution in [3.63, 3.8) is 0 Å². The van der Waals surface area contributed by atoms with Crippen LogP contribution in [0.1, 0.15) is 123 Å². The molecule has 0 aromatic rings. The zero-order chi connectivity index (χ0) is 20.6. The topological polar surface area (TPSA) is 37.3 Å². The number of unbranched alkanes of at least 4 members (excludes halogenated alkanes) is 4. The Bertz CT molecular complexity index is 481. The highest BCUT2D eigenvalue weighted by molar-refractivity contribution is 5.70. The van der Waals surface area contributed by atoms with Crippen LogP contribution in [-0.4, -0.2) is 11.1 Å². The van der Waals surface area contributed by atoms with Crippen LogP contribution in [-0.2, 0) is 4.79 Å². The summed E-state index contributed by atoms with van der Waals surface area (Å²) in [6.45, 7) is 4.59. The minimum absolute atomic E-state index is 0.0531. The molecule has 3 aliphatic rings. The molecule has 0 aromatic heterocycles. The molecule has 0 aromatic carbocycles. The van der Waals surface area contributed by atoms with E-state index in [0.717, 1.165) is 18.3 Å². The van der Waals surface area contributed by atoms with Gasteiger partial charge in [0.05, 0.1) is 5.92 Å². The van der Waals surface area contributed by atoms with Crippen LogP contribution in [0.2, 0.25) is 0 Å². The highest BCUT2D eigenvalue weighted by atomic mass is 16.4. The fourth-order valence-corrected chi connectivity index (χ4v) is 7.69. The van der Waals surface area contributed by atoms with Crippen LogP contribution >= 0.6 is 0 Å². The number of aliphatic carboxylic acids is 1. The van der Waals surface area contributed by atoms with Crippen molar-refractivity contribution in [2.24, 2.45) is 41.4 Å². The van der Waals surface area contributed by atoms with Gasteiger partial charge in [-0.25, -0.2) is 0 Å². The predicted octanol–water partition coefficient (Wildman–Crippen LogP) is 8.10. The summed E-state index contributed by atoms with van der Waals surface area (Å²) in [6.07, 6.45) is 22.5. The number of rotatable bonds is 10. The molecule has 0 heterocycles. The first kappa shape index (κ1) is 23.1. The van der Waals surface area contributed by atoms with Gasteiger partial charge in [-0.05, 0) is 54.8 Å². The number of fused-ring (bicyclic) bond motifs is 1. The highest BCUT2D eigenvalue weighted by Crippen LogP contribution is 2.56. The second kappa shape index (κ2) is 11.8. The number of carboxylic acids is 1. The van der Waals surface area contributed by atoms with Gasteiger partial charge in [0.15, 0.2) is 0 Å². The van der Waals surface area contributed by atoms with E-state index in [-0.39, 0.29) is 5.92 Å². The largest absolute Gasteiger partial charge is 0.481 e. The Morgan fingerprint density at radius 2 is 1.48 bits per heavy atom. The third-order valence-corrected chi connectivity index (χ3v) is 9.09. The maximum absolute atomic E-state index is 12.4. The molecule has 0 aliphatic heterocycles. The molecular weight excluding hydrogens is 356 g/mol. The summed E-state index contributed by atoms with van der Waals surface area (Å²) in [5, 5.41) is 10.2. The molecule has 29 heavy (non-hydrogen) atoms. The molecule has 6 unspecified atom stereocenters. The molecule has 2 nitrogen and oxygen atoms in total. The van der Waals surface area contributed by atoms with Gasteiger partial charge in [-0.15, -0.1) is 0 Å². The minimum Gasteiger partial charge on any atom is -0.481 e. The number of hydrogen-bond acceptors (Lipinski definition) is 1. The Hall–Kier alpha value is -0.530. The summed E-state index contributed by atoms with van der Waals surface area (Å²) in [5.41, 5.74) is 0. The van der Waals surface area contributed by atoms with Crippen molar-refractivity contribution in [1.29, 1.82) is 0 Å². The van der Waals surface area contributed by atoms with E-state index in [9.17, 15) is 9.90 Å². The van der Waals surface area contributed by atoms with Gasteiger partial charge in [-0.1, -0.05) is 104 Å². The Balaban J connectivity index is 1.75. The fraction of sp³-hybridized carbons (Fsp3) is 0.963. The summed E-state index contributed by atoms with van der Waals surface area (Å²) in [6, 6.07) is 0. The molecular formula is C27H48O2. The number of carboxylic acid groups (broad SMARTS) is 1. The van der Waals surface area contributed by atoms with Crippen LogP contribution in [0.5, 0.6) is 0 Å². The van der Waals surface area contributed by atoms with E-state index in [1.807, 2.05) is 0 Å². The van der Waals surface area contributed by atoms with Gasteiger partial charge in [0, 0.05) is 0 Å². The van der Waals surface area contributed by atoms with Gasteiger partial charge in [0.25, 0.3) is 0 Å². The van der Waals surface area contributed by atoms with E-state index in [1.165, 1.54) is 103 Å². The normalized spacial score (nSPS) is 35.9. The first-order valence-corrected chi connectivity index (χ1v) is 13.4. The van der Waals surface area contributed by atoms with Crippen molar-refractivity contribution in [3.8, 4) is 0 Å². The zero-order valence-corrected chi connectivity index (χ0v) is 19.4. The third kappa shape index (κ3) is 6.01. The Morgan fingerprint density at radius 3 is 2.14 bits per heavy atom.